The van der Waals surface area contributed by atoms with Gasteiger partial charge in [0, 0.05) is 19.2 Å². The second kappa shape index (κ2) is 6.29. The van der Waals surface area contributed by atoms with Gasteiger partial charge in [0.05, 0.1) is 38.4 Å². The van der Waals surface area contributed by atoms with Crippen LogP contribution < -0.4 is 9.47 Å². The molecule has 1 aromatic carbocycles. The van der Waals surface area contributed by atoms with Gasteiger partial charge in [0.1, 0.15) is 5.75 Å². The number of methoxy groups -OCH3 is 2. The van der Waals surface area contributed by atoms with Crippen LogP contribution in [-0.4, -0.2) is 57.6 Å². The fourth-order valence-corrected chi connectivity index (χ4v) is 2.65. The first-order valence-electron chi connectivity index (χ1n) is 7.20. The summed E-state index contributed by atoms with van der Waals surface area (Å²) in [5.41, 5.74) is 0.627. The molecule has 1 aromatic heterocycles. The fourth-order valence-electron chi connectivity index (χ4n) is 2.65. The molecule has 0 atom stereocenters. The number of benzene rings is 1. The number of hydrogen-bond acceptors (Lipinski definition) is 6. The summed E-state index contributed by atoms with van der Waals surface area (Å²) in [6.07, 6.45) is 0.660. The highest BCUT2D eigenvalue weighted by molar-refractivity contribution is 6.02. The molecule has 7 heteroatoms. The molecule has 23 heavy (non-hydrogen) atoms. The van der Waals surface area contributed by atoms with E-state index in [1.807, 2.05) is 0 Å². The van der Waals surface area contributed by atoms with Gasteiger partial charge in [-0.3, -0.25) is 9.59 Å². The third kappa shape index (κ3) is 2.63. The van der Waals surface area contributed by atoms with Crippen molar-refractivity contribution in [2.24, 2.45) is 0 Å². The highest BCUT2D eigenvalue weighted by Crippen LogP contribution is 2.38. The number of hydrogen-bond donors (Lipinski definition) is 0. The Balaban J connectivity index is 2.09. The lowest BCUT2D eigenvalue weighted by atomic mass is 10.1. The number of rotatable bonds is 4. The van der Waals surface area contributed by atoms with Crippen molar-refractivity contribution in [3.63, 3.8) is 0 Å². The second-order valence-electron chi connectivity index (χ2n) is 5.08. The number of amides is 1. The van der Waals surface area contributed by atoms with Crippen LogP contribution in [0.1, 0.15) is 20.9 Å². The zero-order chi connectivity index (χ0) is 16.4. The van der Waals surface area contributed by atoms with Crippen molar-refractivity contribution in [3.8, 4) is 11.5 Å². The summed E-state index contributed by atoms with van der Waals surface area (Å²) in [7, 11) is 2.94. The van der Waals surface area contributed by atoms with Gasteiger partial charge in [-0.2, -0.15) is 0 Å². The average molecular weight is 319 g/mol. The quantitative estimate of drug-likeness (QED) is 0.799. The maximum absolute atomic E-state index is 12.5. The first-order valence-corrected chi connectivity index (χ1v) is 7.20. The van der Waals surface area contributed by atoms with Crippen LogP contribution >= 0.6 is 0 Å². The second-order valence-corrected chi connectivity index (χ2v) is 5.08. The molecule has 0 N–H and O–H groups in total. The van der Waals surface area contributed by atoms with E-state index in [0.717, 1.165) is 0 Å². The van der Waals surface area contributed by atoms with Crippen molar-refractivity contribution < 1.29 is 28.2 Å². The molecule has 0 radical (unpaired) electrons. The zero-order valence-corrected chi connectivity index (χ0v) is 13.0. The van der Waals surface area contributed by atoms with Crippen molar-refractivity contribution in [2.45, 2.75) is 0 Å². The van der Waals surface area contributed by atoms with Crippen LogP contribution in [0, 0.1) is 0 Å². The van der Waals surface area contributed by atoms with E-state index in [4.69, 9.17) is 18.6 Å². The summed E-state index contributed by atoms with van der Waals surface area (Å²) < 4.78 is 21.5. The topological polar surface area (TPSA) is 78.2 Å². The minimum atomic E-state index is -0.221. The lowest BCUT2D eigenvalue weighted by Gasteiger charge is -2.25. The molecule has 1 saturated heterocycles. The van der Waals surface area contributed by atoms with Gasteiger partial charge in [-0.1, -0.05) is 0 Å². The van der Waals surface area contributed by atoms with E-state index in [-0.39, 0.29) is 17.4 Å². The number of ether oxygens (including phenoxy) is 3. The number of carbonyl (C=O) groups excluding carboxylic acids is 2. The van der Waals surface area contributed by atoms with Crippen LogP contribution in [-0.2, 0) is 4.74 Å². The summed E-state index contributed by atoms with van der Waals surface area (Å²) in [6, 6.07) is 3.18. The Labute approximate surface area is 132 Å². The summed E-state index contributed by atoms with van der Waals surface area (Å²) >= 11 is 0. The molecular formula is C16H17NO6. The molecule has 0 spiro atoms. The van der Waals surface area contributed by atoms with Crippen molar-refractivity contribution in [1.82, 2.24) is 4.90 Å². The molecule has 1 aliphatic heterocycles. The van der Waals surface area contributed by atoms with E-state index < -0.39 is 0 Å². The normalized spacial score (nSPS) is 14.8. The number of fused-ring (bicyclic) bond motifs is 1. The van der Waals surface area contributed by atoms with Crippen molar-refractivity contribution in [3.05, 3.63) is 23.5 Å². The van der Waals surface area contributed by atoms with Gasteiger partial charge in [0.15, 0.2) is 23.4 Å². The van der Waals surface area contributed by atoms with Crippen molar-refractivity contribution in [1.29, 1.82) is 0 Å². The number of carbonyl (C=O) groups is 2. The van der Waals surface area contributed by atoms with Crippen LogP contribution in [0.25, 0.3) is 11.0 Å². The van der Waals surface area contributed by atoms with E-state index in [1.165, 1.54) is 14.2 Å². The Bertz CT molecular complexity index is 745. The Morgan fingerprint density at radius 3 is 2.57 bits per heavy atom. The maximum Gasteiger partial charge on any atom is 0.289 e. The highest BCUT2D eigenvalue weighted by atomic mass is 16.5. The van der Waals surface area contributed by atoms with Gasteiger partial charge in [-0.25, -0.2) is 0 Å². The maximum atomic E-state index is 12.5. The zero-order valence-electron chi connectivity index (χ0n) is 13.0. The predicted molar refractivity (Wildman–Crippen MR) is 81.4 cm³/mol. The average Bonchev–Trinajstić information content (AvgIpc) is 3.05. The van der Waals surface area contributed by atoms with Gasteiger partial charge in [0.2, 0.25) is 0 Å². The van der Waals surface area contributed by atoms with E-state index >= 15 is 0 Å². The first-order chi connectivity index (χ1) is 11.2. The SMILES string of the molecule is COc1cc(C=O)c(OC)c2oc(C(=O)N3CCOCC3)cc12. The predicted octanol–water partition coefficient (Wildman–Crippen LogP) is 1.73. The first kappa shape index (κ1) is 15.4. The van der Waals surface area contributed by atoms with Crippen LogP contribution in [0.4, 0.5) is 0 Å². The lowest BCUT2D eigenvalue weighted by Crippen LogP contribution is -2.40. The summed E-state index contributed by atoms with van der Waals surface area (Å²) in [6.45, 7) is 2.05. The Morgan fingerprint density at radius 2 is 1.96 bits per heavy atom. The molecule has 122 valence electrons. The standard InChI is InChI=1S/C16H17NO6/c1-20-12-7-10(9-18)14(21-2)15-11(12)8-13(23-15)16(19)17-3-5-22-6-4-17/h7-9H,3-6H2,1-2H3. The summed E-state index contributed by atoms with van der Waals surface area (Å²) in [5, 5.41) is 0.589. The monoisotopic (exact) mass is 319 g/mol. The Hall–Kier alpha value is -2.54. The Kier molecular flexibility index (Phi) is 4.20. The Morgan fingerprint density at radius 1 is 1.22 bits per heavy atom. The minimum absolute atomic E-state index is 0.182. The number of morpholine rings is 1. The fraction of sp³-hybridized carbons (Fsp3) is 0.375. The van der Waals surface area contributed by atoms with Crippen LogP contribution in [0.3, 0.4) is 0 Å². The molecular weight excluding hydrogens is 302 g/mol. The van der Waals surface area contributed by atoms with Gasteiger partial charge in [-0.05, 0) is 6.07 Å². The van der Waals surface area contributed by atoms with E-state index in [2.05, 4.69) is 0 Å². The van der Waals surface area contributed by atoms with Gasteiger partial charge < -0.3 is 23.5 Å². The third-order valence-electron chi connectivity index (χ3n) is 3.81. The minimum Gasteiger partial charge on any atom is -0.496 e. The summed E-state index contributed by atoms with van der Waals surface area (Å²) in [5.74, 6) is 0.701. The van der Waals surface area contributed by atoms with Crippen molar-refractivity contribution in [2.75, 3.05) is 40.5 Å². The molecule has 0 bridgehead atoms. The summed E-state index contributed by atoms with van der Waals surface area (Å²) in [4.78, 5) is 25.4. The molecule has 0 saturated carbocycles. The van der Waals surface area contributed by atoms with Gasteiger partial charge in [0.25, 0.3) is 5.91 Å². The van der Waals surface area contributed by atoms with Crippen LogP contribution in [0.5, 0.6) is 11.5 Å². The molecule has 0 unspecified atom stereocenters. The van der Waals surface area contributed by atoms with Crippen LogP contribution in [0.2, 0.25) is 0 Å². The molecule has 1 aliphatic rings. The van der Waals surface area contributed by atoms with E-state index in [9.17, 15) is 9.59 Å². The third-order valence-corrected chi connectivity index (χ3v) is 3.81. The number of nitrogens with zero attached hydrogens (tertiary/aromatic N) is 1. The number of furan rings is 1. The van der Waals surface area contributed by atoms with Gasteiger partial charge in [-0.15, -0.1) is 0 Å². The van der Waals surface area contributed by atoms with E-state index in [0.29, 0.717) is 54.9 Å². The number of aldehydes is 1. The smallest absolute Gasteiger partial charge is 0.289 e. The molecule has 1 amide bonds. The van der Waals surface area contributed by atoms with Crippen molar-refractivity contribution >= 4 is 23.2 Å². The lowest BCUT2D eigenvalue weighted by molar-refractivity contribution is 0.0284. The van der Waals surface area contributed by atoms with Crippen LogP contribution in [0.15, 0.2) is 16.5 Å². The molecule has 3 rings (SSSR count). The molecule has 7 nitrogen and oxygen atoms in total. The largest absolute Gasteiger partial charge is 0.496 e. The highest BCUT2D eigenvalue weighted by Gasteiger charge is 2.25. The van der Waals surface area contributed by atoms with E-state index in [1.54, 1.807) is 17.0 Å². The molecule has 1 fully saturated rings. The molecule has 2 aromatic rings. The molecule has 0 aliphatic carbocycles. The van der Waals surface area contributed by atoms with Gasteiger partial charge >= 0.3 is 0 Å². The molecule has 2 heterocycles.